The molecule has 2 N–H and O–H groups in total. The number of hydrogen-bond acceptors (Lipinski definition) is 2. The van der Waals surface area contributed by atoms with Crippen LogP contribution in [0.4, 0.5) is 0 Å². The van der Waals surface area contributed by atoms with E-state index in [-0.39, 0.29) is 23.8 Å². The van der Waals surface area contributed by atoms with E-state index in [0.29, 0.717) is 19.4 Å². The van der Waals surface area contributed by atoms with Crippen molar-refractivity contribution in [2.75, 3.05) is 6.54 Å². The lowest BCUT2D eigenvalue weighted by Crippen LogP contribution is -2.34. The molecule has 120 valence electrons. The molecule has 0 saturated heterocycles. The van der Waals surface area contributed by atoms with E-state index in [0.717, 1.165) is 23.7 Å². The zero-order valence-corrected chi connectivity index (χ0v) is 14.5. The standard InChI is InChI=1S/C17H23BrN2O2/c1-12(11-13-4-8-15(18)9-5-13)20-16(21)3-2-10-19-17(22)14-6-7-14/h4-5,8-9,12,14H,2-3,6-7,10-11H2,1H3,(H,19,22)(H,20,21)/t12-/m1/s1. The molecule has 1 aliphatic rings. The summed E-state index contributed by atoms with van der Waals surface area (Å²) in [6.07, 6.45) is 3.99. The Morgan fingerprint density at radius 2 is 1.95 bits per heavy atom. The van der Waals surface area contributed by atoms with Crippen LogP contribution in [0.2, 0.25) is 0 Å². The first-order valence-electron chi connectivity index (χ1n) is 7.86. The summed E-state index contributed by atoms with van der Waals surface area (Å²) >= 11 is 3.41. The highest BCUT2D eigenvalue weighted by atomic mass is 79.9. The van der Waals surface area contributed by atoms with Gasteiger partial charge in [0.15, 0.2) is 0 Å². The minimum absolute atomic E-state index is 0.0466. The highest BCUT2D eigenvalue weighted by molar-refractivity contribution is 9.10. The molecule has 5 heteroatoms. The first kappa shape index (κ1) is 17.0. The molecule has 22 heavy (non-hydrogen) atoms. The number of nitrogens with one attached hydrogen (secondary N) is 2. The molecule has 1 saturated carbocycles. The van der Waals surface area contributed by atoms with Gasteiger partial charge in [0.05, 0.1) is 0 Å². The number of halogens is 1. The molecule has 1 aromatic rings. The fraction of sp³-hybridized carbons (Fsp3) is 0.529. The van der Waals surface area contributed by atoms with Gasteiger partial charge in [-0.05, 0) is 50.3 Å². The van der Waals surface area contributed by atoms with Crippen LogP contribution >= 0.6 is 15.9 Å². The molecule has 0 unspecified atom stereocenters. The Hall–Kier alpha value is -1.36. The van der Waals surface area contributed by atoms with Gasteiger partial charge in [0.2, 0.25) is 11.8 Å². The van der Waals surface area contributed by atoms with E-state index in [9.17, 15) is 9.59 Å². The van der Waals surface area contributed by atoms with Gasteiger partial charge in [0.1, 0.15) is 0 Å². The Kier molecular flexibility index (Phi) is 6.43. The Labute approximate surface area is 140 Å². The quantitative estimate of drug-likeness (QED) is 0.695. The first-order valence-corrected chi connectivity index (χ1v) is 8.65. The van der Waals surface area contributed by atoms with Crippen LogP contribution in [0.25, 0.3) is 0 Å². The number of hydrogen-bond donors (Lipinski definition) is 2. The fourth-order valence-electron chi connectivity index (χ4n) is 2.32. The molecule has 1 aliphatic carbocycles. The van der Waals surface area contributed by atoms with E-state index in [4.69, 9.17) is 0 Å². The Bertz CT molecular complexity index is 512. The van der Waals surface area contributed by atoms with Gasteiger partial charge in [0, 0.05) is 29.4 Å². The van der Waals surface area contributed by atoms with Gasteiger partial charge < -0.3 is 10.6 Å². The molecular formula is C17H23BrN2O2. The Morgan fingerprint density at radius 3 is 2.59 bits per heavy atom. The summed E-state index contributed by atoms with van der Waals surface area (Å²) in [6, 6.07) is 8.23. The molecule has 1 aromatic carbocycles. The van der Waals surface area contributed by atoms with Gasteiger partial charge in [-0.2, -0.15) is 0 Å². The van der Waals surface area contributed by atoms with Crippen LogP contribution in [-0.4, -0.2) is 24.4 Å². The van der Waals surface area contributed by atoms with E-state index in [1.807, 2.05) is 19.1 Å². The second kappa shape index (κ2) is 8.32. The van der Waals surface area contributed by atoms with E-state index < -0.39 is 0 Å². The second-order valence-corrected chi connectivity index (χ2v) is 6.88. The van der Waals surface area contributed by atoms with Gasteiger partial charge in [-0.25, -0.2) is 0 Å². The van der Waals surface area contributed by atoms with Gasteiger partial charge in [0.25, 0.3) is 0 Å². The maximum atomic E-state index is 11.9. The van der Waals surface area contributed by atoms with Crippen molar-refractivity contribution < 1.29 is 9.59 Å². The Morgan fingerprint density at radius 1 is 1.27 bits per heavy atom. The lowest BCUT2D eigenvalue weighted by atomic mass is 10.1. The third-order valence-electron chi connectivity index (χ3n) is 3.69. The molecular weight excluding hydrogens is 344 g/mol. The summed E-state index contributed by atoms with van der Waals surface area (Å²) in [7, 11) is 0. The van der Waals surface area contributed by atoms with Gasteiger partial charge in [-0.15, -0.1) is 0 Å². The number of carbonyl (C=O) groups excluding carboxylic acids is 2. The predicted octanol–water partition coefficient (Wildman–Crippen LogP) is 2.80. The van der Waals surface area contributed by atoms with Crippen molar-refractivity contribution in [2.45, 2.75) is 45.1 Å². The average Bonchev–Trinajstić information content (AvgIpc) is 3.30. The Balaban J connectivity index is 1.59. The normalized spacial score (nSPS) is 15.2. The number of carbonyl (C=O) groups is 2. The van der Waals surface area contributed by atoms with Crippen LogP contribution in [0.15, 0.2) is 28.7 Å². The molecule has 2 rings (SSSR count). The zero-order valence-electron chi connectivity index (χ0n) is 12.9. The van der Waals surface area contributed by atoms with Gasteiger partial charge in [-0.1, -0.05) is 28.1 Å². The summed E-state index contributed by atoms with van der Waals surface area (Å²) < 4.78 is 1.06. The van der Waals surface area contributed by atoms with Crippen LogP contribution in [-0.2, 0) is 16.0 Å². The SMILES string of the molecule is C[C@H](Cc1ccc(Br)cc1)NC(=O)CCCNC(=O)C1CC1. The lowest BCUT2D eigenvalue weighted by Gasteiger charge is -2.14. The minimum Gasteiger partial charge on any atom is -0.356 e. The molecule has 0 aromatic heterocycles. The van der Waals surface area contributed by atoms with E-state index in [1.54, 1.807) is 0 Å². The van der Waals surface area contributed by atoms with Crippen molar-refractivity contribution in [1.29, 1.82) is 0 Å². The molecule has 1 atom stereocenters. The third kappa shape index (κ3) is 6.18. The molecule has 0 heterocycles. The van der Waals surface area contributed by atoms with Crippen LogP contribution < -0.4 is 10.6 Å². The molecule has 0 spiro atoms. The summed E-state index contributed by atoms with van der Waals surface area (Å²) in [4.78, 5) is 23.3. The predicted molar refractivity (Wildman–Crippen MR) is 90.4 cm³/mol. The van der Waals surface area contributed by atoms with Crippen molar-refractivity contribution in [2.24, 2.45) is 5.92 Å². The largest absolute Gasteiger partial charge is 0.356 e. The van der Waals surface area contributed by atoms with Gasteiger partial charge >= 0.3 is 0 Å². The summed E-state index contributed by atoms with van der Waals surface area (Å²) in [6.45, 7) is 2.60. The highest BCUT2D eigenvalue weighted by Crippen LogP contribution is 2.28. The summed E-state index contributed by atoms with van der Waals surface area (Å²) in [5, 5.41) is 5.88. The molecule has 4 nitrogen and oxygen atoms in total. The monoisotopic (exact) mass is 366 g/mol. The topological polar surface area (TPSA) is 58.2 Å². The fourth-order valence-corrected chi connectivity index (χ4v) is 2.59. The smallest absolute Gasteiger partial charge is 0.223 e. The first-order chi connectivity index (χ1) is 10.5. The molecule has 0 bridgehead atoms. The van der Waals surface area contributed by atoms with Crippen LogP contribution in [0, 0.1) is 5.92 Å². The van der Waals surface area contributed by atoms with Crippen molar-refractivity contribution in [1.82, 2.24) is 10.6 Å². The molecule has 2 amide bonds. The molecule has 0 aliphatic heterocycles. The molecule has 1 fully saturated rings. The second-order valence-electron chi connectivity index (χ2n) is 5.97. The maximum Gasteiger partial charge on any atom is 0.223 e. The summed E-state index contributed by atoms with van der Waals surface area (Å²) in [5.41, 5.74) is 1.20. The zero-order chi connectivity index (χ0) is 15.9. The number of amides is 2. The van der Waals surface area contributed by atoms with E-state index >= 15 is 0 Å². The summed E-state index contributed by atoms with van der Waals surface area (Å²) in [5.74, 6) is 0.425. The highest BCUT2D eigenvalue weighted by Gasteiger charge is 2.28. The number of rotatable bonds is 8. The van der Waals surface area contributed by atoms with E-state index in [2.05, 4.69) is 38.7 Å². The van der Waals surface area contributed by atoms with Crippen LogP contribution in [0.5, 0.6) is 0 Å². The maximum absolute atomic E-state index is 11.9. The van der Waals surface area contributed by atoms with E-state index in [1.165, 1.54) is 5.56 Å². The minimum atomic E-state index is 0.0466. The van der Waals surface area contributed by atoms with Crippen LogP contribution in [0.3, 0.4) is 0 Å². The molecule has 0 radical (unpaired) electrons. The van der Waals surface area contributed by atoms with Crippen molar-refractivity contribution >= 4 is 27.7 Å². The van der Waals surface area contributed by atoms with Gasteiger partial charge in [-0.3, -0.25) is 9.59 Å². The number of benzene rings is 1. The third-order valence-corrected chi connectivity index (χ3v) is 4.22. The van der Waals surface area contributed by atoms with Crippen LogP contribution in [0.1, 0.15) is 38.2 Å². The van der Waals surface area contributed by atoms with Crippen molar-refractivity contribution in [3.8, 4) is 0 Å². The van der Waals surface area contributed by atoms with Crippen molar-refractivity contribution in [3.63, 3.8) is 0 Å². The lowest BCUT2D eigenvalue weighted by molar-refractivity contribution is -0.123. The van der Waals surface area contributed by atoms with Crippen molar-refractivity contribution in [3.05, 3.63) is 34.3 Å². The average molecular weight is 367 g/mol.